The lowest BCUT2D eigenvalue weighted by Crippen LogP contribution is -2.45. The SMILES string of the molecule is COC(CN)CC(=O)N1CCCC1CN1CCCCC1.Cl.Cl. The summed E-state index contributed by atoms with van der Waals surface area (Å²) in [7, 11) is 1.63. The molecule has 0 spiro atoms. The summed E-state index contributed by atoms with van der Waals surface area (Å²) in [5.41, 5.74) is 5.61. The van der Waals surface area contributed by atoms with Crippen LogP contribution < -0.4 is 5.73 Å². The molecule has 2 N–H and O–H groups in total. The second-order valence-electron chi connectivity index (χ2n) is 6.04. The molecule has 5 nitrogen and oxygen atoms in total. The van der Waals surface area contributed by atoms with Gasteiger partial charge in [-0.15, -0.1) is 24.8 Å². The Morgan fingerprint density at radius 1 is 1.18 bits per heavy atom. The third-order valence-electron chi connectivity index (χ3n) is 4.61. The van der Waals surface area contributed by atoms with Crippen LogP contribution in [0, 0.1) is 0 Å². The molecular weight excluding hydrogens is 325 g/mol. The number of hydrogen-bond acceptors (Lipinski definition) is 4. The summed E-state index contributed by atoms with van der Waals surface area (Å²) in [5, 5.41) is 0. The molecule has 0 aliphatic carbocycles. The van der Waals surface area contributed by atoms with Gasteiger partial charge in [0.15, 0.2) is 0 Å². The van der Waals surface area contributed by atoms with E-state index >= 15 is 0 Å². The molecule has 2 unspecified atom stereocenters. The van der Waals surface area contributed by atoms with E-state index in [0.717, 1.165) is 25.9 Å². The molecule has 0 saturated carbocycles. The number of methoxy groups -OCH3 is 1. The minimum absolute atomic E-state index is 0. The molecule has 2 rings (SSSR count). The number of piperidine rings is 1. The smallest absolute Gasteiger partial charge is 0.225 e. The fourth-order valence-corrected chi connectivity index (χ4v) is 3.37. The van der Waals surface area contributed by atoms with E-state index in [9.17, 15) is 4.79 Å². The zero-order valence-corrected chi connectivity index (χ0v) is 15.2. The number of carbonyl (C=O) groups is 1. The highest BCUT2D eigenvalue weighted by Crippen LogP contribution is 2.21. The normalized spacial score (nSPS) is 23.5. The number of likely N-dealkylation sites (tertiary alicyclic amines) is 2. The molecule has 0 aromatic heterocycles. The Balaban J connectivity index is 0.00000220. The highest BCUT2D eigenvalue weighted by molar-refractivity contribution is 5.85. The summed E-state index contributed by atoms with van der Waals surface area (Å²) < 4.78 is 5.23. The van der Waals surface area contributed by atoms with E-state index < -0.39 is 0 Å². The molecule has 1 amide bonds. The summed E-state index contributed by atoms with van der Waals surface area (Å²) >= 11 is 0. The van der Waals surface area contributed by atoms with E-state index in [1.165, 1.54) is 32.4 Å². The van der Waals surface area contributed by atoms with E-state index in [4.69, 9.17) is 10.5 Å². The molecular formula is C15H31Cl2N3O2. The molecule has 2 atom stereocenters. The molecule has 2 aliphatic rings. The Morgan fingerprint density at radius 3 is 2.45 bits per heavy atom. The van der Waals surface area contributed by atoms with Crippen LogP contribution in [0.4, 0.5) is 0 Å². The lowest BCUT2D eigenvalue weighted by atomic mass is 10.1. The number of ether oxygens (including phenoxy) is 1. The molecule has 0 radical (unpaired) electrons. The molecule has 2 fully saturated rings. The topological polar surface area (TPSA) is 58.8 Å². The van der Waals surface area contributed by atoms with Crippen LogP contribution in [0.15, 0.2) is 0 Å². The fraction of sp³-hybridized carbons (Fsp3) is 0.933. The van der Waals surface area contributed by atoms with Crippen LogP contribution in [0.25, 0.3) is 0 Å². The van der Waals surface area contributed by atoms with Gasteiger partial charge in [-0.25, -0.2) is 0 Å². The largest absolute Gasteiger partial charge is 0.380 e. The average molecular weight is 356 g/mol. The lowest BCUT2D eigenvalue weighted by Gasteiger charge is -2.33. The quantitative estimate of drug-likeness (QED) is 0.787. The van der Waals surface area contributed by atoms with E-state index in [1.54, 1.807) is 7.11 Å². The minimum atomic E-state index is -0.140. The van der Waals surface area contributed by atoms with Crippen LogP contribution in [-0.2, 0) is 9.53 Å². The number of amides is 1. The maximum absolute atomic E-state index is 12.4. The van der Waals surface area contributed by atoms with Crippen LogP contribution in [-0.4, -0.2) is 67.7 Å². The predicted octanol–water partition coefficient (Wildman–Crippen LogP) is 1.67. The molecule has 132 valence electrons. The van der Waals surface area contributed by atoms with Gasteiger partial charge in [0.25, 0.3) is 0 Å². The van der Waals surface area contributed by atoms with Crippen molar-refractivity contribution in [1.82, 2.24) is 9.80 Å². The zero-order valence-electron chi connectivity index (χ0n) is 13.5. The molecule has 7 heteroatoms. The van der Waals surface area contributed by atoms with Gasteiger partial charge in [-0.05, 0) is 38.8 Å². The maximum Gasteiger partial charge on any atom is 0.225 e. The molecule has 22 heavy (non-hydrogen) atoms. The van der Waals surface area contributed by atoms with Crippen molar-refractivity contribution in [3.8, 4) is 0 Å². The molecule has 0 bridgehead atoms. The van der Waals surface area contributed by atoms with E-state index in [-0.39, 0.29) is 36.8 Å². The minimum Gasteiger partial charge on any atom is -0.380 e. The van der Waals surface area contributed by atoms with Crippen LogP contribution >= 0.6 is 24.8 Å². The Bertz CT molecular complexity index is 311. The van der Waals surface area contributed by atoms with E-state index in [2.05, 4.69) is 9.80 Å². The Hall–Kier alpha value is -0.0700. The van der Waals surface area contributed by atoms with Crippen LogP contribution in [0.5, 0.6) is 0 Å². The summed E-state index contributed by atoms with van der Waals surface area (Å²) in [4.78, 5) is 17.0. The highest BCUT2D eigenvalue weighted by Gasteiger charge is 2.31. The van der Waals surface area contributed by atoms with Gasteiger partial charge in [0.2, 0.25) is 5.91 Å². The van der Waals surface area contributed by atoms with Gasteiger partial charge >= 0.3 is 0 Å². The number of nitrogens with zero attached hydrogens (tertiary/aromatic N) is 2. The van der Waals surface area contributed by atoms with E-state index in [1.807, 2.05) is 0 Å². The van der Waals surface area contributed by atoms with Crippen molar-refractivity contribution in [2.75, 3.05) is 39.8 Å². The number of carbonyl (C=O) groups excluding carboxylic acids is 1. The monoisotopic (exact) mass is 355 g/mol. The van der Waals surface area contributed by atoms with Crippen LogP contribution in [0.1, 0.15) is 38.5 Å². The van der Waals surface area contributed by atoms with Crippen LogP contribution in [0.2, 0.25) is 0 Å². The highest BCUT2D eigenvalue weighted by atomic mass is 35.5. The standard InChI is InChI=1S/C15H29N3O2.2ClH/c1-20-14(11-16)10-15(19)18-9-5-6-13(18)12-17-7-3-2-4-8-17;;/h13-14H,2-12,16H2,1H3;2*1H. The summed E-state index contributed by atoms with van der Waals surface area (Å²) in [6.07, 6.45) is 6.52. The van der Waals surface area contributed by atoms with Gasteiger partial charge in [-0.1, -0.05) is 6.42 Å². The summed E-state index contributed by atoms with van der Waals surface area (Å²) in [6, 6.07) is 0.399. The third kappa shape index (κ3) is 6.20. The molecule has 2 saturated heterocycles. The van der Waals surface area contributed by atoms with Crippen molar-refractivity contribution in [3.63, 3.8) is 0 Å². The predicted molar refractivity (Wildman–Crippen MR) is 94.0 cm³/mol. The van der Waals surface area contributed by atoms with Crippen molar-refractivity contribution < 1.29 is 9.53 Å². The first-order chi connectivity index (χ1) is 9.74. The lowest BCUT2D eigenvalue weighted by molar-refractivity contribution is -0.134. The fourth-order valence-electron chi connectivity index (χ4n) is 3.37. The molecule has 0 aromatic carbocycles. The van der Waals surface area contributed by atoms with Gasteiger partial charge in [0.1, 0.15) is 0 Å². The second kappa shape index (κ2) is 11.5. The van der Waals surface area contributed by atoms with Crippen molar-refractivity contribution in [2.24, 2.45) is 5.73 Å². The Morgan fingerprint density at radius 2 is 1.86 bits per heavy atom. The van der Waals surface area contributed by atoms with Crippen LogP contribution in [0.3, 0.4) is 0 Å². The van der Waals surface area contributed by atoms with Gasteiger partial charge in [0.05, 0.1) is 12.5 Å². The first kappa shape index (κ1) is 21.9. The van der Waals surface area contributed by atoms with Crippen molar-refractivity contribution in [2.45, 2.75) is 50.7 Å². The van der Waals surface area contributed by atoms with Gasteiger partial charge in [0, 0.05) is 32.8 Å². The number of halogens is 2. The molecule has 0 aromatic rings. The molecule has 2 aliphatic heterocycles. The first-order valence-corrected chi connectivity index (χ1v) is 7.99. The second-order valence-corrected chi connectivity index (χ2v) is 6.04. The summed E-state index contributed by atoms with van der Waals surface area (Å²) in [6.45, 7) is 4.75. The summed E-state index contributed by atoms with van der Waals surface area (Å²) in [5.74, 6) is 0.210. The Kier molecular flexibility index (Phi) is 11.4. The molecule has 2 heterocycles. The first-order valence-electron chi connectivity index (χ1n) is 7.99. The number of hydrogen-bond donors (Lipinski definition) is 1. The van der Waals surface area contributed by atoms with Gasteiger partial charge in [-0.3, -0.25) is 4.79 Å². The van der Waals surface area contributed by atoms with Crippen molar-refractivity contribution in [3.05, 3.63) is 0 Å². The maximum atomic E-state index is 12.4. The Labute approximate surface area is 146 Å². The van der Waals surface area contributed by atoms with Gasteiger partial charge in [-0.2, -0.15) is 0 Å². The van der Waals surface area contributed by atoms with Crippen molar-refractivity contribution >= 4 is 30.7 Å². The van der Waals surface area contributed by atoms with E-state index in [0.29, 0.717) is 19.0 Å². The average Bonchev–Trinajstić information content (AvgIpc) is 2.94. The number of nitrogens with two attached hydrogens (primary N) is 1. The van der Waals surface area contributed by atoms with Crippen molar-refractivity contribution in [1.29, 1.82) is 0 Å². The third-order valence-corrected chi connectivity index (χ3v) is 4.61. The zero-order chi connectivity index (χ0) is 14.4. The number of rotatable bonds is 6. The van der Waals surface area contributed by atoms with Gasteiger partial charge < -0.3 is 20.3 Å².